The standard InChI is InChI=1S/C16H14O2S/c1-19-15-9-11-7-8-13(10-14(11)16(15)17)18-12-5-3-2-4-6-12/h2-8,10,15H,9H2,1H3. The van der Waals surface area contributed by atoms with Gasteiger partial charge in [0.25, 0.3) is 0 Å². The number of hydrogen-bond donors (Lipinski definition) is 0. The van der Waals surface area contributed by atoms with Gasteiger partial charge in [0.15, 0.2) is 5.78 Å². The molecule has 2 nitrogen and oxygen atoms in total. The number of hydrogen-bond acceptors (Lipinski definition) is 3. The predicted molar refractivity (Wildman–Crippen MR) is 78.3 cm³/mol. The van der Waals surface area contributed by atoms with E-state index >= 15 is 0 Å². The van der Waals surface area contributed by atoms with Gasteiger partial charge in [-0.3, -0.25) is 4.79 Å². The van der Waals surface area contributed by atoms with Crippen LogP contribution in [0, 0.1) is 0 Å². The minimum atomic E-state index is 0.0713. The molecule has 0 aromatic heterocycles. The molecule has 0 N–H and O–H groups in total. The summed E-state index contributed by atoms with van der Waals surface area (Å²) in [6.45, 7) is 0. The lowest BCUT2D eigenvalue weighted by atomic mass is 10.1. The molecule has 0 aliphatic heterocycles. The number of benzene rings is 2. The van der Waals surface area contributed by atoms with Crippen molar-refractivity contribution in [3.63, 3.8) is 0 Å². The summed E-state index contributed by atoms with van der Waals surface area (Å²) in [7, 11) is 0. The quantitative estimate of drug-likeness (QED) is 0.844. The Labute approximate surface area is 116 Å². The van der Waals surface area contributed by atoms with Crippen molar-refractivity contribution in [2.75, 3.05) is 6.26 Å². The third-order valence-electron chi connectivity index (χ3n) is 3.31. The number of fused-ring (bicyclic) bond motifs is 1. The molecule has 0 fully saturated rings. The Bertz CT molecular complexity index is 607. The number of ether oxygens (including phenoxy) is 1. The topological polar surface area (TPSA) is 26.3 Å². The monoisotopic (exact) mass is 270 g/mol. The molecule has 2 aromatic rings. The van der Waals surface area contributed by atoms with Gasteiger partial charge in [-0.15, -0.1) is 0 Å². The molecule has 0 radical (unpaired) electrons. The third kappa shape index (κ3) is 2.38. The number of Topliss-reactive ketones (excluding diaryl/α,β-unsaturated/α-hetero) is 1. The van der Waals surface area contributed by atoms with Crippen molar-refractivity contribution >= 4 is 17.5 Å². The van der Waals surface area contributed by atoms with Crippen LogP contribution in [0.5, 0.6) is 11.5 Å². The maximum absolute atomic E-state index is 12.2. The first-order valence-corrected chi connectivity index (χ1v) is 7.49. The number of rotatable bonds is 3. The fourth-order valence-electron chi connectivity index (χ4n) is 2.31. The first-order chi connectivity index (χ1) is 9.28. The predicted octanol–water partition coefficient (Wildman–Crippen LogP) is 3.95. The molecule has 3 rings (SSSR count). The van der Waals surface area contributed by atoms with Gasteiger partial charge in [-0.1, -0.05) is 24.3 Å². The van der Waals surface area contributed by atoms with Gasteiger partial charge in [0.2, 0.25) is 0 Å². The second-order valence-electron chi connectivity index (χ2n) is 4.53. The molecule has 96 valence electrons. The lowest BCUT2D eigenvalue weighted by Gasteiger charge is -2.06. The van der Waals surface area contributed by atoms with Crippen molar-refractivity contribution in [3.8, 4) is 11.5 Å². The number of ketones is 1. The number of para-hydroxylation sites is 1. The summed E-state index contributed by atoms with van der Waals surface area (Å²) in [5.74, 6) is 1.73. The van der Waals surface area contributed by atoms with E-state index in [4.69, 9.17) is 4.74 Å². The zero-order chi connectivity index (χ0) is 13.2. The van der Waals surface area contributed by atoms with Crippen LogP contribution in [0.15, 0.2) is 48.5 Å². The second kappa shape index (κ2) is 5.10. The highest BCUT2D eigenvalue weighted by atomic mass is 32.2. The molecule has 19 heavy (non-hydrogen) atoms. The molecular weight excluding hydrogens is 256 g/mol. The first-order valence-electron chi connectivity index (χ1n) is 6.21. The van der Waals surface area contributed by atoms with Crippen LogP contribution in [0.1, 0.15) is 15.9 Å². The fourth-order valence-corrected chi connectivity index (χ4v) is 2.99. The summed E-state index contributed by atoms with van der Waals surface area (Å²) in [5, 5.41) is 0.0713. The van der Waals surface area contributed by atoms with Crippen LogP contribution < -0.4 is 4.74 Å². The summed E-state index contributed by atoms with van der Waals surface area (Å²) >= 11 is 1.62. The molecule has 1 aliphatic rings. The highest BCUT2D eigenvalue weighted by Gasteiger charge is 2.29. The average molecular weight is 270 g/mol. The molecule has 3 heteroatoms. The van der Waals surface area contributed by atoms with Crippen LogP contribution in [0.3, 0.4) is 0 Å². The largest absolute Gasteiger partial charge is 0.457 e. The number of carbonyl (C=O) groups excluding carboxylic acids is 1. The highest BCUT2D eigenvalue weighted by Crippen LogP contribution is 2.32. The van der Waals surface area contributed by atoms with Crippen LogP contribution in [-0.2, 0) is 6.42 Å². The maximum Gasteiger partial charge on any atom is 0.176 e. The zero-order valence-corrected chi connectivity index (χ0v) is 11.4. The summed E-state index contributed by atoms with van der Waals surface area (Å²) in [6.07, 6.45) is 2.82. The van der Waals surface area contributed by atoms with Gasteiger partial charge in [0.05, 0.1) is 5.25 Å². The molecule has 2 aromatic carbocycles. The Morgan fingerprint density at radius 1 is 1.11 bits per heavy atom. The second-order valence-corrected chi connectivity index (χ2v) is 5.57. The smallest absolute Gasteiger partial charge is 0.176 e. The minimum Gasteiger partial charge on any atom is -0.457 e. The Balaban J connectivity index is 1.87. The Kier molecular flexibility index (Phi) is 3.30. The maximum atomic E-state index is 12.2. The van der Waals surface area contributed by atoms with Crippen LogP contribution >= 0.6 is 11.8 Å². The Morgan fingerprint density at radius 3 is 2.63 bits per heavy atom. The lowest BCUT2D eigenvalue weighted by molar-refractivity contribution is 0.1000. The normalized spacial score (nSPS) is 17.3. The third-order valence-corrected chi connectivity index (χ3v) is 4.26. The van der Waals surface area contributed by atoms with Crippen LogP contribution in [0.25, 0.3) is 0 Å². The van der Waals surface area contributed by atoms with E-state index in [0.717, 1.165) is 29.0 Å². The summed E-state index contributed by atoms with van der Waals surface area (Å²) in [6, 6.07) is 15.4. The van der Waals surface area contributed by atoms with E-state index in [-0.39, 0.29) is 11.0 Å². The van der Waals surface area contributed by atoms with Crippen molar-refractivity contribution in [1.29, 1.82) is 0 Å². The van der Waals surface area contributed by atoms with Gasteiger partial charge in [-0.25, -0.2) is 0 Å². The molecule has 1 aliphatic carbocycles. The molecule has 0 amide bonds. The fraction of sp³-hybridized carbons (Fsp3) is 0.188. The highest BCUT2D eigenvalue weighted by molar-refractivity contribution is 8.00. The molecule has 0 spiro atoms. The van der Waals surface area contributed by atoms with Crippen molar-refractivity contribution in [3.05, 3.63) is 59.7 Å². The zero-order valence-electron chi connectivity index (χ0n) is 10.6. The van der Waals surface area contributed by atoms with E-state index in [9.17, 15) is 4.79 Å². The Hall–Kier alpha value is -1.74. The SMILES string of the molecule is CSC1Cc2ccc(Oc3ccccc3)cc2C1=O. The molecule has 0 heterocycles. The Morgan fingerprint density at radius 2 is 1.89 bits per heavy atom. The molecule has 1 unspecified atom stereocenters. The molecule has 0 bridgehead atoms. The van der Waals surface area contributed by atoms with Gasteiger partial charge in [0.1, 0.15) is 11.5 Å². The molecular formula is C16H14O2S. The van der Waals surface area contributed by atoms with Gasteiger partial charge >= 0.3 is 0 Å². The summed E-state index contributed by atoms with van der Waals surface area (Å²) in [5.41, 5.74) is 1.94. The van der Waals surface area contributed by atoms with Crippen molar-refractivity contribution in [1.82, 2.24) is 0 Å². The van der Waals surface area contributed by atoms with E-state index in [0.29, 0.717) is 0 Å². The molecule has 1 atom stereocenters. The lowest BCUT2D eigenvalue weighted by Crippen LogP contribution is -2.10. The van der Waals surface area contributed by atoms with Gasteiger partial charge in [-0.2, -0.15) is 11.8 Å². The summed E-state index contributed by atoms with van der Waals surface area (Å²) in [4.78, 5) is 12.2. The van der Waals surface area contributed by atoms with Crippen molar-refractivity contribution in [2.45, 2.75) is 11.7 Å². The number of thioether (sulfide) groups is 1. The van der Waals surface area contributed by atoms with Crippen molar-refractivity contribution in [2.24, 2.45) is 0 Å². The average Bonchev–Trinajstić information content (AvgIpc) is 2.77. The van der Waals surface area contributed by atoms with E-state index < -0.39 is 0 Å². The van der Waals surface area contributed by atoms with Crippen LogP contribution in [0.4, 0.5) is 0 Å². The first kappa shape index (κ1) is 12.3. The van der Waals surface area contributed by atoms with Crippen LogP contribution in [-0.4, -0.2) is 17.3 Å². The van der Waals surface area contributed by atoms with Crippen molar-refractivity contribution < 1.29 is 9.53 Å². The number of carbonyl (C=O) groups is 1. The molecule has 0 saturated carbocycles. The van der Waals surface area contributed by atoms with E-state index in [1.54, 1.807) is 11.8 Å². The van der Waals surface area contributed by atoms with E-state index in [1.165, 1.54) is 0 Å². The summed E-state index contributed by atoms with van der Waals surface area (Å²) < 4.78 is 5.76. The van der Waals surface area contributed by atoms with E-state index in [2.05, 4.69) is 0 Å². The minimum absolute atomic E-state index is 0.0713. The van der Waals surface area contributed by atoms with Gasteiger partial charge in [0, 0.05) is 5.56 Å². The van der Waals surface area contributed by atoms with E-state index in [1.807, 2.05) is 54.8 Å². The van der Waals surface area contributed by atoms with Gasteiger partial charge in [-0.05, 0) is 42.5 Å². The van der Waals surface area contributed by atoms with Gasteiger partial charge < -0.3 is 4.74 Å². The van der Waals surface area contributed by atoms with Crippen LogP contribution in [0.2, 0.25) is 0 Å². The molecule has 0 saturated heterocycles.